The fourth-order valence-electron chi connectivity index (χ4n) is 1.62. The largest absolute Gasteiger partial charge is 0.350 e. The normalized spacial score (nSPS) is 14.3. The lowest BCUT2D eigenvalue weighted by Crippen LogP contribution is -2.35. The Bertz CT molecular complexity index is 449. The summed E-state index contributed by atoms with van der Waals surface area (Å²) in [6.07, 6.45) is 0.323. The third-order valence-electron chi connectivity index (χ3n) is 3.10. The first-order chi connectivity index (χ1) is 8.81. The van der Waals surface area contributed by atoms with Gasteiger partial charge in [-0.25, -0.2) is 0 Å². The molecule has 0 aliphatic carbocycles. The summed E-state index contributed by atoms with van der Waals surface area (Å²) in [5.74, 6) is 0.228. The molecule has 0 aliphatic heterocycles. The van der Waals surface area contributed by atoms with Crippen LogP contribution in [0.4, 0.5) is 0 Å². The summed E-state index contributed by atoms with van der Waals surface area (Å²) >= 11 is 11.8. The summed E-state index contributed by atoms with van der Waals surface area (Å²) in [4.78, 5) is 11.8. The van der Waals surface area contributed by atoms with Crippen molar-refractivity contribution in [3.63, 3.8) is 0 Å². The molecule has 1 aromatic rings. The first kappa shape index (κ1) is 16.3. The smallest absolute Gasteiger partial charge is 0.222 e. The maximum Gasteiger partial charge on any atom is 0.222 e. The number of hydrogen-bond donors (Lipinski definition) is 2. The van der Waals surface area contributed by atoms with Crippen LogP contribution in [0, 0.1) is 5.92 Å². The third-order valence-corrected chi connectivity index (χ3v) is 3.84. The Morgan fingerprint density at radius 3 is 2.42 bits per heavy atom. The number of carbonyl (C=O) groups excluding carboxylic acids is 1. The lowest BCUT2D eigenvalue weighted by atomic mass is 10.0. The van der Waals surface area contributed by atoms with E-state index in [0.717, 1.165) is 5.56 Å². The van der Waals surface area contributed by atoms with Crippen molar-refractivity contribution in [1.82, 2.24) is 5.32 Å². The van der Waals surface area contributed by atoms with Crippen molar-refractivity contribution in [3.05, 3.63) is 33.8 Å². The molecule has 1 rings (SSSR count). The highest BCUT2D eigenvalue weighted by Gasteiger charge is 2.15. The third kappa shape index (κ3) is 5.01. The molecule has 1 aromatic carbocycles. The fraction of sp³-hybridized carbons (Fsp3) is 0.500. The molecule has 106 valence electrons. The summed E-state index contributed by atoms with van der Waals surface area (Å²) in [5, 5.41) is 3.90. The molecule has 19 heavy (non-hydrogen) atoms. The van der Waals surface area contributed by atoms with Gasteiger partial charge in [-0.05, 0) is 30.5 Å². The van der Waals surface area contributed by atoms with Crippen molar-refractivity contribution in [2.24, 2.45) is 11.7 Å². The Hall–Kier alpha value is -0.770. The number of rotatable bonds is 5. The molecule has 2 unspecified atom stereocenters. The summed E-state index contributed by atoms with van der Waals surface area (Å²) in [6.45, 7) is 5.90. The summed E-state index contributed by atoms with van der Waals surface area (Å²) in [5.41, 5.74) is 6.79. The van der Waals surface area contributed by atoms with E-state index in [2.05, 4.69) is 5.32 Å². The molecular formula is C14H20Cl2N2O. The highest BCUT2D eigenvalue weighted by Crippen LogP contribution is 2.25. The molecule has 0 bridgehead atoms. The minimum absolute atomic E-state index is 0.0558. The minimum atomic E-state index is -0.124. The van der Waals surface area contributed by atoms with Crippen LogP contribution in [0.3, 0.4) is 0 Å². The van der Waals surface area contributed by atoms with E-state index >= 15 is 0 Å². The van der Waals surface area contributed by atoms with Crippen LogP contribution in [-0.2, 0) is 4.79 Å². The van der Waals surface area contributed by atoms with Crippen LogP contribution in [0.5, 0.6) is 0 Å². The molecule has 0 aliphatic rings. The molecular weight excluding hydrogens is 283 g/mol. The second-order valence-electron chi connectivity index (χ2n) is 5.07. The summed E-state index contributed by atoms with van der Waals surface area (Å²) < 4.78 is 0. The highest BCUT2D eigenvalue weighted by molar-refractivity contribution is 6.42. The van der Waals surface area contributed by atoms with Gasteiger partial charge in [-0.2, -0.15) is 0 Å². The lowest BCUT2D eigenvalue weighted by Gasteiger charge is -2.18. The van der Waals surface area contributed by atoms with Gasteiger partial charge in [0.15, 0.2) is 0 Å². The molecule has 2 atom stereocenters. The second-order valence-corrected chi connectivity index (χ2v) is 5.89. The average molecular weight is 303 g/mol. The van der Waals surface area contributed by atoms with Gasteiger partial charge in [-0.15, -0.1) is 0 Å². The van der Waals surface area contributed by atoms with Crippen molar-refractivity contribution in [2.45, 2.75) is 39.3 Å². The monoisotopic (exact) mass is 302 g/mol. The van der Waals surface area contributed by atoms with E-state index in [1.807, 2.05) is 26.8 Å². The molecule has 0 spiro atoms. The number of benzene rings is 1. The topological polar surface area (TPSA) is 55.1 Å². The quantitative estimate of drug-likeness (QED) is 0.874. The maximum atomic E-state index is 11.8. The Morgan fingerprint density at radius 1 is 1.26 bits per heavy atom. The number of carbonyl (C=O) groups is 1. The molecule has 0 saturated heterocycles. The molecule has 0 fully saturated rings. The molecule has 3 nitrogen and oxygen atoms in total. The maximum absolute atomic E-state index is 11.8. The molecule has 0 saturated carbocycles. The van der Waals surface area contributed by atoms with Crippen LogP contribution >= 0.6 is 23.2 Å². The van der Waals surface area contributed by atoms with Crippen molar-refractivity contribution in [3.8, 4) is 0 Å². The van der Waals surface area contributed by atoms with Crippen LogP contribution in [0.2, 0.25) is 10.0 Å². The first-order valence-electron chi connectivity index (χ1n) is 6.31. The van der Waals surface area contributed by atoms with Gasteiger partial charge in [0.2, 0.25) is 5.91 Å². The first-order valence-corrected chi connectivity index (χ1v) is 7.06. The molecule has 0 aromatic heterocycles. The van der Waals surface area contributed by atoms with Crippen molar-refractivity contribution >= 4 is 29.1 Å². The molecule has 5 heteroatoms. The molecule has 3 N–H and O–H groups in total. The summed E-state index contributed by atoms with van der Waals surface area (Å²) in [7, 11) is 0. The lowest BCUT2D eigenvalue weighted by molar-refractivity contribution is -0.122. The second kappa shape index (κ2) is 7.13. The van der Waals surface area contributed by atoms with Crippen LogP contribution in [-0.4, -0.2) is 11.9 Å². The fourth-order valence-corrected chi connectivity index (χ4v) is 1.92. The number of hydrogen-bond acceptors (Lipinski definition) is 2. The van der Waals surface area contributed by atoms with Gasteiger partial charge in [0.1, 0.15) is 0 Å². The van der Waals surface area contributed by atoms with Gasteiger partial charge in [0, 0.05) is 12.5 Å². The Kier molecular flexibility index (Phi) is 6.11. The van der Waals surface area contributed by atoms with E-state index in [4.69, 9.17) is 28.9 Å². The van der Waals surface area contributed by atoms with Gasteiger partial charge in [-0.3, -0.25) is 4.79 Å². The average Bonchev–Trinajstić information content (AvgIpc) is 2.32. The van der Waals surface area contributed by atoms with Crippen LogP contribution in [0.15, 0.2) is 18.2 Å². The Morgan fingerprint density at radius 2 is 1.89 bits per heavy atom. The van der Waals surface area contributed by atoms with Crippen LogP contribution in [0.25, 0.3) is 0 Å². The van der Waals surface area contributed by atoms with E-state index in [-0.39, 0.29) is 23.9 Å². The number of halogens is 2. The highest BCUT2D eigenvalue weighted by atomic mass is 35.5. The number of nitrogens with one attached hydrogen (secondary N) is 1. The molecule has 1 amide bonds. The zero-order valence-corrected chi connectivity index (χ0v) is 12.9. The van der Waals surface area contributed by atoms with E-state index < -0.39 is 0 Å². The van der Waals surface area contributed by atoms with Crippen molar-refractivity contribution in [2.75, 3.05) is 0 Å². The van der Waals surface area contributed by atoms with E-state index in [1.165, 1.54) is 0 Å². The Balaban J connectivity index is 2.61. The predicted molar refractivity (Wildman–Crippen MR) is 80.5 cm³/mol. The van der Waals surface area contributed by atoms with Gasteiger partial charge >= 0.3 is 0 Å². The standard InChI is InChI=1S/C14H20Cl2N2O/c1-8(2)13(17)7-14(19)18-9(3)10-4-5-11(15)12(16)6-10/h4-6,8-9,13H,7,17H2,1-3H3,(H,18,19). The SMILES string of the molecule is CC(NC(=O)CC(N)C(C)C)c1ccc(Cl)c(Cl)c1. The zero-order chi connectivity index (χ0) is 14.6. The van der Waals surface area contributed by atoms with Crippen molar-refractivity contribution < 1.29 is 4.79 Å². The number of amides is 1. The zero-order valence-electron chi connectivity index (χ0n) is 11.4. The van der Waals surface area contributed by atoms with E-state index in [0.29, 0.717) is 16.5 Å². The van der Waals surface area contributed by atoms with E-state index in [1.54, 1.807) is 12.1 Å². The molecule has 0 heterocycles. The van der Waals surface area contributed by atoms with Crippen LogP contribution in [0.1, 0.15) is 38.8 Å². The van der Waals surface area contributed by atoms with Gasteiger partial charge in [0.25, 0.3) is 0 Å². The van der Waals surface area contributed by atoms with Gasteiger partial charge in [-0.1, -0.05) is 43.1 Å². The summed E-state index contributed by atoms with van der Waals surface area (Å²) in [6, 6.07) is 5.09. The van der Waals surface area contributed by atoms with Gasteiger partial charge in [0.05, 0.1) is 16.1 Å². The van der Waals surface area contributed by atoms with Crippen LogP contribution < -0.4 is 11.1 Å². The van der Waals surface area contributed by atoms with Gasteiger partial charge < -0.3 is 11.1 Å². The molecule has 0 radical (unpaired) electrons. The van der Waals surface area contributed by atoms with Crippen molar-refractivity contribution in [1.29, 1.82) is 0 Å². The van der Waals surface area contributed by atoms with E-state index in [9.17, 15) is 4.79 Å². The number of nitrogens with two attached hydrogens (primary N) is 1. The minimum Gasteiger partial charge on any atom is -0.350 e. The predicted octanol–water partition coefficient (Wildman–Crippen LogP) is 3.54. The Labute approximate surface area is 124 Å².